The minimum absolute atomic E-state index is 0.0406. The highest BCUT2D eigenvalue weighted by atomic mass is 16.2. The fourth-order valence-corrected chi connectivity index (χ4v) is 4.17. The number of anilines is 2. The quantitative estimate of drug-likeness (QED) is 0.664. The van der Waals surface area contributed by atoms with E-state index >= 15 is 0 Å². The normalized spacial score (nSPS) is 17.0. The predicted octanol–water partition coefficient (Wildman–Crippen LogP) is 2.29. The van der Waals surface area contributed by atoms with E-state index in [1.807, 2.05) is 36.1 Å². The summed E-state index contributed by atoms with van der Waals surface area (Å²) in [5.41, 5.74) is 3.18. The van der Waals surface area contributed by atoms with Crippen LogP contribution in [-0.2, 0) is 0 Å². The third kappa shape index (κ3) is 3.65. The molecule has 0 unspecified atom stereocenters. The van der Waals surface area contributed by atoms with Crippen LogP contribution in [0, 0.1) is 6.92 Å². The van der Waals surface area contributed by atoms with E-state index in [0.29, 0.717) is 18.7 Å². The van der Waals surface area contributed by atoms with Gasteiger partial charge in [-0.05, 0) is 38.0 Å². The standard InChI is InChI=1S/C22H25N7O/c1-16-14-20(26-22(25-16)29-8-2-3-9-29)27-10-12-28(13-11-27)21(30)17-4-5-18-19(15-17)24-7-6-23-18/h4-7,14-15H,2-3,8-13H2,1H3. The van der Waals surface area contributed by atoms with Gasteiger partial charge in [0.15, 0.2) is 0 Å². The Kier molecular flexibility index (Phi) is 4.90. The number of hydrogen-bond donors (Lipinski definition) is 0. The third-order valence-electron chi connectivity index (χ3n) is 5.82. The number of rotatable bonds is 3. The molecule has 2 aliphatic rings. The van der Waals surface area contributed by atoms with Crippen molar-refractivity contribution < 1.29 is 4.79 Å². The molecule has 1 amide bonds. The zero-order chi connectivity index (χ0) is 20.5. The van der Waals surface area contributed by atoms with E-state index in [2.05, 4.69) is 24.8 Å². The molecule has 8 heteroatoms. The first-order chi connectivity index (χ1) is 14.7. The molecule has 3 aromatic rings. The van der Waals surface area contributed by atoms with Crippen molar-refractivity contribution in [1.82, 2.24) is 24.8 Å². The van der Waals surface area contributed by atoms with Crippen LogP contribution in [0.5, 0.6) is 0 Å². The molecule has 0 atom stereocenters. The van der Waals surface area contributed by atoms with Crippen molar-refractivity contribution in [3.05, 3.63) is 47.9 Å². The number of amides is 1. The Labute approximate surface area is 175 Å². The molecular weight excluding hydrogens is 378 g/mol. The van der Waals surface area contributed by atoms with E-state index in [4.69, 9.17) is 4.98 Å². The summed E-state index contributed by atoms with van der Waals surface area (Å²) >= 11 is 0. The summed E-state index contributed by atoms with van der Waals surface area (Å²) < 4.78 is 0. The number of piperazine rings is 1. The zero-order valence-electron chi connectivity index (χ0n) is 17.2. The molecule has 4 heterocycles. The number of aromatic nitrogens is 4. The molecular formula is C22H25N7O. The van der Waals surface area contributed by atoms with Crippen molar-refractivity contribution in [3.8, 4) is 0 Å². The highest BCUT2D eigenvalue weighted by Crippen LogP contribution is 2.22. The Morgan fingerprint density at radius 1 is 0.833 bits per heavy atom. The molecule has 0 spiro atoms. The maximum Gasteiger partial charge on any atom is 0.254 e. The molecule has 30 heavy (non-hydrogen) atoms. The van der Waals surface area contributed by atoms with Crippen LogP contribution in [0.15, 0.2) is 36.7 Å². The largest absolute Gasteiger partial charge is 0.353 e. The van der Waals surface area contributed by atoms with Crippen LogP contribution < -0.4 is 9.80 Å². The molecule has 0 N–H and O–H groups in total. The lowest BCUT2D eigenvalue weighted by molar-refractivity contribution is 0.0746. The summed E-state index contributed by atoms with van der Waals surface area (Å²) in [7, 11) is 0. The van der Waals surface area contributed by atoms with E-state index in [9.17, 15) is 4.79 Å². The van der Waals surface area contributed by atoms with Crippen molar-refractivity contribution in [2.75, 3.05) is 49.1 Å². The van der Waals surface area contributed by atoms with Gasteiger partial charge in [-0.2, -0.15) is 4.98 Å². The van der Waals surface area contributed by atoms with Gasteiger partial charge < -0.3 is 14.7 Å². The first-order valence-electron chi connectivity index (χ1n) is 10.5. The zero-order valence-corrected chi connectivity index (χ0v) is 17.2. The van der Waals surface area contributed by atoms with Crippen molar-refractivity contribution in [2.45, 2.75) is 19.8 Å². The summed E-state index contributed by atoms with van der Waals surface area (Å²) in [4.78, 5) is 37.5. The SMILES string of the molecule is Cc1cc(N2CCN(C(=O)c3ccc4nccnc4c3)CC2)nc(N2CCCC2)n1. The number of carbonyl (C=O) groups is 1. The van der Waals surface area contributed by atoms with Crippen molar-refractivity contribution >= 4 is 28.7 Å². The third-order valence-corrected chi connectivity index (χ3v) is 5.82. The van der Waals surface area contributed by atoms with E-state index < -0.39 is 0 Å². The topological polar surface area (TPSA) is 78.3 Å². The lowest BCUT2D eigenvalue weighted by atomic mass is 10.1. The number of hydrogen-bond acceptors (Lipinski definition) is 7. The van der Waals surface area contributed by atoms with Crippen molar-refractivity contribution in [2.24, 2.45) is 0 Å². The van der Waals surface area contributed by atoms with Crippen LogP contribution in [0.3, 0.4) is 0 Å². The average molecular weight is 403 g/mol. The molecule has 0 aliphatic carbocycles. The fraction of sp³-hybridized carbons (Fsp3) is 0.409. The smallest absolute Gasteiger partial charge is 0.254 e. The predicted molar refractivity (Wildman–Crippen MR) is 116 cm³/mol. The maximum absolute atomic E-state index is 13.0. The highest BCUT2D eigenvalue weighted by molar-refractivity contribution is 5.97. The number of nitrogens with zero attached hydrogens (tertiary/aromatic N) is 7. The molecule has 8 nitrogen and oxygen atoms in total. The second kappa shape index (κ2) is 7.85. The maximum atomic E-state index is 13.0. The number of carbonyl (C=O) groups excluding carboxylic acids is 1. The Hall–Kier alpha value is -3.29. The molecule has 2 saturated heterocycles. The van der Waals surface area contributed by atoms with Crippen LogP contribution in [0.4, 0.5) is 11.8 Å². The van der Waals surface area contributed by atoms with E-state index in [-0.39, 0.29) is 5.91 Å². The van der Waals surface area contributed by atoms with Gasteiger partial charge in [-0.3, -0.25) is 14.8 Å². The summed E-state index contributed by atoms with van der Waals surface area (Å²) in [6.45, 7) is 6.93. The molecule has 0 bridgehead atoms. The molecule has 2 aromatic heterocycles. The van der Waals surface area contributed by atoms with Gasteiger partial charge in [0.25, 0.3) is 5.91 Å². The Morgan fingerprint density at radius 3 is 2.33 bits per heavy atom. The van der Waals surface area contributed by atoms with Crippen LogP contribution >= 0.6 is 0 Å². The fourth-order valence-electron chi connectivity index (χ4n) is 4.17. The lowest BCUT2D eigenvalue weighted by Crippen LogP contribution is -2.49. The molecule has 154 valence electrons. The first kappa shape index (κ1) is 18.7. The van der Waals surface area contributed by atoms with Gasteiger partial charge in [0, 0.05) is 69.0 Å². The van der Waals surface area contributed by atoms with Gasteiger partial charge in [0.2, 0.25) is 5.95 Å². The highest BCUT2D eigenvalue weighted by Gasteiger charge is 2.24. The van der Waals surface area contributed by atoms with Gasteiger partial charge in [-0.15, -0.1) is 0 Å². The second-order valence-electron chi connectivity index (χ2n) is 7.90. The number of fused-ring (bicyclic) bond motifs is 1. The van der Waals surface area contributed by atoms with Gasteiger partial charge in [0.05, 0.1) is 11.0 Å². The minimum Gasteiger partial charge on any atom is -0.353 e. The van der Waals surface area contributed by atoms with E-state index in [1.54, 1.807) is 12.4 Å². The number of aryl methyl sites for hydroxylation is 1. The van der Waals surface area contributed by atoms with Gasteiger partial charge >= 0.3 is 0 Å². The summed E-state index contributed by atoms with van der Waals surface area (Å²) in [6.07, 6.45) is 5.71. The molecule has 0 saturated carbocycles. The van der Waals surface area contributed by atoms with E-state index in [1.165, 1.54) is 12.8 Å². The minimum atomic E-state index is 0.0406. The summed E-state index contributed by atoms with van der Waals surface area (Å²) in [5, 5.41) is 0. The Balaban J connectivity index is 1.28. The molecule has 1 aromatic carbocycles. The van der Waals surface area contributed by atoms with Crippen LogP contribution in [-0.4, -0.2) is 70.0 Å². The first-order valence-corrected chi connectivity index (χ1v) is 10.5. The number of benzene rings is 1. The van der Waals surface area contributed by atoms with Crippen LogP contribution in [0.25, 0.3) is 11.0 Å². The van der Waals surface area contributed by atoms with Crippen LogP contribution in [0.2, 0.25) is 0 Å². The molecule has 0 radical (unpaired) electrons. The van der Waals surface area contributed by atoms with Gasteiger partial charge in [-0.25, -0.2) is 4.98 Å². The van der Waals surface area contributed by atoms with E-state index in [0.717, 1.165) is 54.7 Å². The van der Waals surface area contributed by atoms with Gasteiger partial charge in [-0.1, -0.05) is 0 Å². The Bertz CT molecular complexity index is 1070. The lowest BCUT2D eigenvalue weighted by Gasteiger charge is -2.35. The second-order valence-corrected chi connectivity index (χ2v) is 7.90. The molecule has 2 fully saturated rings. The van der Waals surface area contributed by atoms with Crippen molar-refractivity contribution in [1.29, 1.82) is 0 Å². The molecule has 5 rings (SSSR count). The molecule has 2 aliphatic heterocycles. The van der Waals surface area contributed by atoms with Crippen LogP contribution in [0.1, 0.15) is 28.9 Å². The monoisotopic (exact) mass is 403 g/mol. The Morgan fingerprint density at radius 2 is 1.57 bits per heavy atom. The summed E-state index contributed by atoms with van der Waals surface area (Å²) in [5.74, 6) is 1.83. The summed E-state index contributed by atoms with van der Waals surface area (Å²) in [6, 6.07) is 7.56. The van der Waals surface area contributed by atoms with Crippen molar-refractivity contribution in [3.63, 3.8) is 0 Å². The average Bonchev–Trinajstić information content (AvgIpc) is 3.33. The van der Waals surface area contributed by atoms with Gasteiger partial charge in [0.1, 0.15) is 5.82 Å².